The van der Waals surface area contributed by atoms with Crippen LogP contribution in [0.15, 0.2) is 42.5 Å². The van der Waals surface area contributed by atoms with Gasteiger partial charge in [0.15, 0.2) is 17.1 Å². The number of ether oxygens (including phenoxy) is 3. The minimum Gasteiger partial charge on any atom is -0.493 e. The molecule has 0 radical (unpaired) electrons. The number of hydrogen-bond donors (Lipinski definition) is 2. The molecule has 184 valence electrons. The highest BCUT2D eigenvalue weighted by atomic mass is 16.5. The van der Waals surface area contributed by atoms with E-state index in [0.717, 1.165) is 11.1 Å². The van der Waals surface area contributed by atoms with E-state index < -0.39 is 0 Å². The number of carbonyl (C=O) groups excluding carboxylic acids is 1. The lowest BCUT2D eigenvalue weighted by Crippen LogP contribution is -2.26. The molecule has 9 nitrogen and oxygen atoms in total. The van der Waals surface area contributed by atoms with Crippen LogP contribution < -0.4 is 20.5 Å². The molecule has 1 amide bonds. The predicted octanol–water partition coefficient (Wildman–Crippen LogP) is 3.58. The Bertz CT molecular complexity index is 1330. The van der Waals surface area contributed by atoms with Crippen LogP contribution in [0.2, 0.25) is 0 Å². The second kappa shape index (κ2) is 11.1. The van der Waals surface area contributed by atoms with Crippen LogP contribution in [0.5, 0.6) is 11.5 Å². The highest BCUT2D eigenvalue weighted by molar-refractivity contribution is 6.10. The number of amides is 1. The van der Waals surface area contributed by atoms with Gasteiger partial charge in [-0.1, -0.05) is 18.2 Å². The van der Waals surface area contributed by atoms with E-state index in [0.29, 0.717) is 78.7 Å². The molecule has 0 atom stereocenters. The third kappa shape index (κ3) is 5.14. The number of fused-ring (bicyclic) bond motifs is 2. The van der Waals surface area contributed by atoms with Crippen LogP contribution in [0, 0.1) is 0 Å². The summed E-state index contributed by atoms with van der Waals surface area (Å²) in [5.74, 6) is 1.41. The molecule has 0 aliphatic heterocycles. The number of nitrogens with two attached hydrogens (primary N) is 1. The molecule has 4 aromatic rings. The van der Waals surface area contributed by atoms with Gasteiger partial charge in [-0.3, -0.25) is 4.79 Å². The number of benzene rings is 2. The molecule has 0 bridgehead atoms. The van der Waals surface area contributed by atoms with Crippen molar-refractivity contribution in [2.75, 3.05) is 39.7 Å². The van der Waals surface area contributed by atoms with Crippen molar-refractivity contribution in [2.24, 2.45) is 0 Å². The Kier molecular flexibility index (Phi) is 7.67. The molecular weight excluding hydrogens is 446 g/mol. The Hall–Kier alpha value is -3.85. The van der Waals surface area contributed by atoms with Gasteiger partial charge in [-0.25, -0.2) is 9.97 Å². The molecule has 2 aromatic heterocycles. The summed E-state index contributed by atoms with van der Waals surface area (Å²) in [5.41, 5.74) is 10.5. The third-order valence-corrected chi connectivity index (χ3v) is 5.85. The van der Waals surface area contributed by atoms with Crippen LogP contribution in [0.25, 0.3) is 22.2 Å². The summed E-state index contributed by atoms with van der Waals surface area (Å²) in [6, 6.07) is 13.4. The van der Waals surface area contributed by atoms with Gasteiger partial charge < -0.3 is 29.8 Å². The van der Waals surface area contributed by atoms with Gasteiger partial charge in [0.25, 0.3) is 5.91 Å². The molecule has 2 aromatic carbocycles. The summed E-state index contributed by atoms with van der Waals surface area (Å²) in [5, 5.41) is 2.94. The SMILES string of the molecule is CCOCCCNC(=O)c1c(N)n(CCc2ccc(OC)c(OC)c2)c2nc3ccccc3nc12. The second-order valence-corrected chi connectivity index (χ2v) is 8.04. The molecule has 0 aliphatic carbocycles. The number of methoxy groups -OCH3 is 2. The van der Waals surface area contributed by atoms with E-state index >= 15 is 0 Å². The van der Waals surface area contributed by atoms with Crippen LogP contribution in [-0.4, -0.2) is 54.4 Å². The predicted molar refractivity (Wildman–Crippen MR) is 136 cm³/mol. The summed E-state index contributed by atoms with van der Waals surface area (Å²) in [7, 11) is 3.22. The van der Waals surface area contributed by atoms with Gasteiger partial charge in [-0.15, -0.1) is 0 Å². The molecule has 0 spiro atoms. The fourth-order valence-corrected chi connectivity index (χ4v) is 4.05. The number of anilines is 1. The van der Waals surface area contributed by atoms with Crippen LogP contribution in [0.3, 0.4) is 0 Å². The fraction of sp³-hybridized carbons (Fsp3) is 0.346. The standard InChI is InChI=1S/C26H31N5O4/c1-4-35-15-7-13-28-26(32)22-23-25(30-19-9-6-5-8-18(19)29-23)31(24(22)27)14-12-17-10-11-20(33-2)21(16-17)34-3/h5-6,8-11,16H,4,7,12-15,27H2,1-3H3,(H,28,32). The van der Waals surface area contributed by atoms with Crippen molar-refractivity contribution in [2.45, 2.75) is 26.3 Å². The Labute approximate surface area is 204 Å². The molecule has 0 fully saturated rings. The summed E-state index contributed by atoms with van der Waals surface area (Å²) in [6.07, 6.45) is 1.37. The summed E-state index contributed by atoms with van der Waals surface area (Å²) in [4.78, 5) is 22.7. The quantitative estimate of drug-likeness (QED) is 0.317. The van der Waals surface area contributed by atoms with Crippen molar-refractivity contribution in [1.29, 1.82) is 0 Å². The monoisotopic (exact) mass is 477 g/mol. The molecule has 9 heteroatoms. The van der Waals surface area contributed by atoms with Crippen molar-refractivity contribution >= 4 is 33.9 Å². The van der Waals surface area contributed by atoms with Gasteiger partial charge in [-0.2, -0.15) is 0 Å². The van der Waals surface area contributed by atoms with Crippen LogP contribution in [0.1, 0.15) is 29.3 Å². The van der Waals surface area contributed by atoms with Crippen molar-refractivity contribution in [3.05, 3.63) is 53.6 Å². The van der Waals surface area contributed by atoms with E-state index in [1.54, 1.807) is 14.2 Å². The second-order valence-electron chi connectivity index (χ2n) is 8.04. The number of para-hydroxylation sites is 2. The van der Waals surface area contributed by atoms with Gasteiger partial charge in [0.2, 0.25) is 0 Å². The highest BCUT2D eigenvalue weighted by Crippen LogP contribution is 2.30. The molecule has 35 heavy (non-hydrogen) atoms. The number of aromatic nitrogens is 3. The Balaban J connectivity index is 1.67. The largest absolute Gasteiger partial charge is 0.493 e. The molecule has 3 N–H and O–H groups in total. The van der Waals surface area contributed by atoms with E-state index in [4.69, 9.17) is 29.9 Å². The topological polar surface area (TPSA) is 114 Å². The zero-order chi connectivity index (χ0) is 24.8. The first-order valence-corrected chi connectivity index (χ1v) is 11.7. The van der Waals surface area contributed by atoms with E-state index in [1.807, 2.05) is 54.0 Å². The maximum Gasteiger partial charge on any atom is 0.257 e. The van der Waals surface area contributed by atoms with Crippen molar-refractivity contribution in [1.82, 2.24) is 19.9 Å². The fourth-order valence-electron chi connectivity index (χ4n) is 4.05. The Morgan fingerprint density at radius 2 is 1.80 bits per heavy atom. The maximum absolute atomic E-state index is 13.1. The van der Waals surface area contributed by atoms with Crippen molar-refractivity contribution in [3.63, 3.8) is 0 Å². The smallest absolute Gasteiger partial charge is 0.257 e. The lowest BCUT2D eigenvalue weighted by Gasteiger charge is -2.11. The number of nitrogens with zero attached hydrogens (tertiary/aromatic N) is 3. The summed E-state index contributed by atoms with van der Waals surface area (Å²) >= 11 is 0. The molecule has 0 saturated heterocycles. The zero-order valence-electron chi connectivity index (χ0n) is 20.3. The molecule has 0 saturated carbocycles. The number of carbonyl (C=O) groups is 1. The first-order valence-electron chi connectivity index (χ1n) is 11.7. The molecule has 0 aliphatic rings. The minimum atomic E-state index is -0.265. The van der Waals surface area contributed by atoms with Crippen LogP contribution >= 0.6 is 0 Å². The van der Waals surface area contributed by atoms with E-state index in [2.05, 4.69) is 5.32 Å². The van der Waals surface area contributed by atoms with E-state index in [9.17, 15) is 4.79 Å². The van der Waals surface area contributed by atoms with Gasteiger partial charge >= 0.3 is 0 Å². The minimum absolute atomic E-state index is 0.265. The first kappa shape index (κ1) is 24.3. The van der Waals surface area contributed by atoms with Crippen LogP contribution in [-0.2, 0) is 17.7 Å². The summed E-state index contributed by atoms with van der Waals surface area (Å²) < 4.78 is 18.0. The normalized spacial score (nSPS) is 11.2. The zero-order valence-corrected chi connectivity index (χ0v) is 20.3. The van der Waals surface area contributed by atoms with E-state index in [1.165, 1.54) is 0 Å². The Morgan fingerprint density at radius 1 is 1.06 bits per heavy atom. The molecular formula is C26H31N5O4. The Morgan fingerprint density at radius 3 is 2.51 bits per heavy atom. The highest BCUT2D eigenvalue weighted by Gasteiger charge is 2.23. The number of hydrogen-bond acceptors (Lipinski definition) is 7. The van der Waals surface area contributed by atoms with Gasteiger partial charge in [0.05, 0.1) is 25.3 Å². The van der Waals surface area contributed by atoms with Crippen molar-refractivity contribution in [3.8, 4) is 11.5 Å². The van der Waals surface area contributed by atoms with Gasteiger partial charge in [0.1, 0.15) is 16.9 Å². The number of nitrogen functional groups attached to an aromatic ring is 1. The number of aryl methyl sites for hydroxylation is 2. The van der Waals surface area contributed by atoms with Gasteiger partial charge in [0, 0.05) is 26.3 Å². The molecule has 4 rings (SSSR count). The lowest BCUT2D eigenvalue weighted by molar-refractivity contribution is 0.0946. The molecule has 2 heterocycles. The van der Waals surface area contributed by atoms with Crippen molar-refractivity contribution < 1.29 is 19.0 Å². The molecule has 0 unspecified atom stereocenters. The maximum atomic E-state index is 13.1. The average molecular weight is 478 g/mol. The lowest BCUT2D eigenvalue weighted by atomic mass is 10.1. The third-order valence-electron chi connectivity index (χ3n) is 5.85. The van der Waals surface area contributed by atoms with E-state index in [-0.39, 0.29) is 5.91 Å². The number of rotatable bonds is 11. The average Bonchev–Trinajstić information content (AvgIpc) is 3.15. The first-order chi connectivity index (χ1) is 17.1. The number of nitrogens with one attached hydrogen (secondary N) is 1. The summed E-state index contributed by atoms with van der Waals surface area (Å²) in [6.45, 7) is 4.18. The van der Waals surface area contributed by atoms with Crippen LogP contribution in [0.4, 0.5) is 5.82 Å². The van der Waals surface area contributed by atoms with Gasteiger partial charge in [-0.05, 0) is 49.6 Å².